The number of benzene rings is 2. The molecule has 2 aromatic carbocycles. The Labute approximate surface area is 125 Å². The van der Waals surface area contributed by atoms with E-state index >= 15 is 0 Å². The van der Waals surface area contributed by atoms with Crippen molar-refractivity contribution in [2.24, 2.45) is 0 Å². The van der Waals surface area contributed by atoms with Crippen LogP contribution < -0.4 is 5.32 Å². The average molecular weight is 279 g/mol. The second-order valence-electron chi connectivity index (χ2n) is 5.46. The zero-order valence-electron chi connectivity index (χ0n) is 12.8. The minimum atomic E-state index is 0.0924. The van der Waals surface area contributed by atoms with Crippen LogP contribution in [0.15, 0.2) is 52.9 Å². The lowest BCUT2D eigenvalue weighted by atomic mass is 9.93. The van der Waals surface area contributed by atoms with Crippen molar-refractivity contribution in [3.05, 3.63) is 71.2 Å². The third-order valence-corrected chi connectivity index (χ3v) is 3.93. The second-order valence-corrected chi connectivity index (χ2v) is 5.46. The molecule has 1 heterocycles. The van der Waals surface area contributed by atoms with E-state index in [1.165, 1.54) is 21.9 Å². The predicted molar refractivity (Wildman–Crippen MR) is 87.6 cm³/mol. The maximum atomic E-state index is 5.89. The lowest BCUT2D eigenvalue weighted by molar-refractivity contribution is 0.435. The predicted octanol–water partition coefficient (Wildman–Crippen LogP) is 4.75. The lowest BCUT2D eigenvalue weighted by Crippen LogP contribution is -2.22. The summed E-state index contributed by atoms with van der Waals surface area (Å²) in [6.45, 7) is 7.18. The number of fused-ring (bicyclic) bond motifs is 1. The summed E-state index contributed by atoms with van der Waals surface area (Å²) in [5.41, 5.74) is 2.60. The molecule has 1 atom stereocenters. The van der Waals surface area contributed by atoms with Crippen molar-refractivity contribution in [1.29, 1.82) is 0 Å². The van der Waals surface area contributed by atoms with E-state index in [9.17, 15) is 0 Å². The molecule has 2 nitrogen and oxygen atoms in total. The molecule has 0 bridgehead atoms. The molecule has 2 heteroatoms. The van der Waals surface area contributed by atoms with Crippen LogP contribution in [0.4, 0.5) is 0 Å². The summed E-state index contributed by atoms with van der Waals surface area (Å²) in [7, 11) is 0. The molecule has 0 saturated carbocycles. The molecule has 3 aromatic rings. The molecule has 0 aliphatic rings. The van der Waals surface area contributed by atoms with E-state index in [4.69, 9.17) is 4.42 Å². The Hall–Kier alpha value is -2.06. The molecule has 0 saturated heterocycles. The van der Waals surface area contributed by atoms with E-state index in [1.807, 2.05) is 13.0 Å². The van der Waals surface area contributed by atoms with Crippen molar-refractivity contribution >= 4 is 10.8 Å². The highest BCUT2D eigenvalue weighted by Gasteiger charge is 2.20. The Morgan fingerprint density at radius 1 is 1.00 bits per heavy atom. The van der Waals surface area contributed by atoms with Gasteiger partial charge < -0.3 is 9.73 Å². The summed E-state index contributed by atoms with van der Waals surface area (Å²) < 4.78 is 5.89. The van der Waals surface area contributed by atoms with Crippen LogP contribution >= 0.6 is 0 Å². The normalized spacial score (nSPS) is 12.7. The number of hydrogen-bond donors (Lipinski definition) is 1. The van der Waals surface area contributed by atoms with Gasteiger partial charge in [0.25, 0.3) is 0 Å². The third kappa shape index (κ3) is 2.59. The zero-order valence-corrected chi connectivity index (χ0v) is 12.8. The van der Waals surface area contributed by atoms with Gasteiger partial charge in [0, 0.05) is 0 Å². The molecule has 0 radical (unpaired) electrons. The molecule has 0 aliphatic carbocycles. The fourth-order valence-electron chi connectivity index (χ4n) is 2.95. The molecule has 1 unspecified atom stereocenters. The number of rotatable bonds is 4. The maximum Gasteiger partial charge on any atom is 0.125 e. The lowest BCUT2D eigenvalue weighted by Gasteiger charge is -2.20. The van der Waals surface area contributed by atoms with Crippen molar-refractivity contribution in [3.8, 4) is 0 Å². The van der Waals surface area contributed by atoms with E-state index in [0.29, 0.717) is 0 Å². The van der Waals surface area contributed by atoms with E-state index in [2.05, 4.69) is 61.6 Å². The van der Waals surface area contributed by atoms with E-state index < -0.39 is 0 Å². The van der Waals surface area contributed by atoms with Gasteiger partial charge in [0.15, 0.2) is 0 Å². The number of nitrogens with one attached hydrogen (secondary N) is 1. The first-order valence-electron chi connectivity index (χ1n) is 7.48. The third-order valence-electron chi connectivity index (χ3n) is 3.93. The fraction of sp³-hybridized carbons (Fsp3) is 0.263. The van der Waals surface area contributed by atoms with Gasteiger partial charge in [-0.2, -0.15) is 0 Å². The highest BCUT2D eigenvalue weighted by Crippen LogP contribution is 2.32. The molecule has 0 spiro atoms. The summed E-state index contributed by atoms with van der Waals surface area (Å²) in [4.78, 5) is 0. The van der Waals surface area contributed by atoms with Crippen molar-refractivity contribution in [3.63, 3.8) is 0 Å². The topological polar surface area (TPSA) is 25.2 Å². The zero-order chi connectivity index (χ0) is 14.8. The van der Waals surface area contributed by atoms with Crippen LogP contribution in [-0.4, -0.2) is 6.54 Å². The number of hydrogen-bond acceptors (Lipinski definition) is 2. The quantitative estimate of drug-likeness (QED) is 0.745. The summed E-state index contributed by atoms with van der Waals surface area (Å²) in [5, 5.41) is 6.12. The van der Waals surface area contributed by atoms with E-state index in [0.717, 1.165) is 18.1 Å². The van der Waals surface area contributed by atoms with Crippen molar-refractivity contribution in [2.75, 3.05) is 6.54 Å². The Balaban J connectivity index is 2.21. The fourth-order valence-corrected chi connectivity index (χ4v) is 2.95. The summed E-state index contributed by atoms with van der Waals surface area (Å²) in [6.07, 6.45) is 0. The maximum absolute atomic E-state index is 5.89. The SMILES string of the molecule is CCNC(c1ccc(C)o1)c1c(C)ccc2ccccc12. The molecule has 1 N–H and O–H groups in total. The summed E-state index contributed by atoms with van der Waals surface area (Å²) in [5.74, 6) is 1.93. The second kappa shape index (κ2) is 5.74. The number of furan rings is 1. The van der Waals surface area contributed by atoms with Crippen LogP contribution in [0.1, 0.15) is 35.6 Å². The summed E-state index contributed by atoms with van der Waals surface area (Å²) in [6, 6.07) is 17.1. The average Bonchev–Trinajstić information content (AvgIpc) is 2.92. The molecule has 0 aliphatic heterocycles. The van der Waals surface area contributed by atoms with Gasteiger partial charge >= 0.3 is 0 Å². The van der Waals surface area contributed by atoms with Crippen LogP contribution in [0.25, 0.3) is 10.8 Å². The standard InChI is InChI=1S/C19H21NO/c1-4-20-19(17-12-10-14(3)21-17)18-13(2)9-11-15-7-5-6-8-16(15)18/h5-12,19-20H,4H2,1-3H3. The molecular formula is C19H21NO. The monoisotopic (exact) mass is 279 g/mol. The smallest absolute Gasteiger partial charge is 0.125 e. The van der Waals surface area contributed by atoms with Crippen LogP contribution in [0.5, 0.6) is 0 Å². The largest absolute Gasteiger partial charge is 0.464 e. The molecule has 21 heavy (non-hydrogen) atoms. The molecule has 0 fully saturated rings. The van der Waals surface area contributed by atoms with Crippen molar-refractivity contribution in [1.82, 2.24) is 5.32 Å². The Morgan fingerprint density at radius 2 is 1.81 bits per heavy atom. The van der Waals surface area contributed by atoms with Crippen molar-refractivity contribution < 1.29 is 4.42 Å². The summed E-state index contributed by atoms with van der Waals surface area (Å²) >= 11 is 0. The van der Waals surface area contributed by atoms with Gasteiger partial charge in [0.1, 0.15) is 11.5 Å². The molecular weight excluding hydrogens is 258 g/mol. The van der Waals surface area contributed by atoms with Gasteiger partial charge in [0.2, 0.25) is 0 Å². The van der Waals surface area contributed by atoms with Gasteiger partial charge in [-0.05, 0) is 54.4 Å². The van der Waals surface area contributed by atoms with Gasteiger partial charge in [0.05, 0.1) is 6.04 Å². The molecule has 108 valence electrons. The first kappa shape index (κ1) is 13.9. The first-order chi connectivity index (χ1) is 10.2. The van der Waals surface area contributed by atoms with Crippen molar-refractivity contribution in [2.45, 2.75) is 26.8 Å². The highest BCUT2D eigenvalue weighted by molar-refractivity contribution is 5.87. The minimum Gasteiger partial charge on any atom is -0.464 e. The highest BCUT2D eigenvalue weighted by atomic mass is 16.3. The molecule has 3 rings (SSSR count). The van der Waals surface area contributed by atoms with Gasteiger partial charge in [-0.25, -0.2) is 0 Å². The molecule has 1 aromatic heterocycles. The van der Waals surface area contributed by atoms with Gasteiger partial charge in [-0.1, -0.05) is 43.3 Å². The molecule has 0 amide bonds. The van der Waals surface area contributed by atoms with Crippen LogP contribution in [-0.2, 0) is 0 Å². The van der Waals surface area contributed by atoms with E-state index in [-0.39, 0.29) is 6.04 Å². The van der Waals surface area contributed by atoms with Gasteiger partial charge in [-0.15, -0.1) is 0 Å². The van der Waals surface area contributed by atoms with Crippen LogP contribution in [0, 0.1) is 13.8 Å². The minimum absolute atomic E-state index is 0.0924. The Morgan fingerprint density at radius 3 is 2.52 bits per heavy atom. The Bertz CT molecular complexity index is 757. The van der Waals surface area contributed by atoms with Crippen LogP contribution in [0.3, 0.4) is 0 Å². The van der Waals surface area contributed by atoms with Gasteiger partial charge in [-0.3, -0.25) is 0 Å². The Kier molecular flexibility index (Phi) is 3.80. The van der Waals surface area contributed by atoms with E-state index in [1.54, 1.807) is 0 Å². The van der Waals surface area contributed by atoms with Crippen LogP contribution in [0.2, 0.25) is 0 Å². The number of aryl methyl sites for hydroxylation is 2. The first-order valence-corrected chi connectivity index (χ1v) is 7.48.